The number of benzene rings is 1. The van der Waals surface area contributed by atoms with Crippen LogP contribution in [0.4, 0.5) is 0 Å². The maximum absolute atomic E-state index is 2.31. The van der Waals surface area contributed by atoms with Crippen molar-refractivity contribution >= 4 is 0 Å². The van der Waals surface area contributed by atoms with Crippen molar-refractivity contribution in [1.82, 2.24) is 0 Å². The molecule has 0 bridgehead atoms. The lowest BCUT2D eigenvalue weighted by atomic mass is 9.82. The Labute approximate surface area is 98.7 Å². The highest BCUT2D eigenvalue weighted by Gasteiger charge is 2.17. The van der Waals surface area contributed by atoms with Gasteiger partial charge in [0.25, 0.3) is 0 Å². The molecule has 0 heteroatoms. The van der Waals surface area contributed by atoms with Gasteiger partial charge < -0.3 is 0 Å². The normalized spacial score (nSPS) is 21.6. The lowest BCUT2D eigenvalue weighted by Gasteiger charge is -2.23. The van der Waals surface area contributed by atoms with Crippen LogP contribution >= 0.6 is 0 Å². The molecule has 0 aromatic heterocycles. The summed E-state index contributed by atoms with van der Waals surface area (Å²) in [6.07, 6.45) is 9.22. The molecule has 0 heterocycles. The van der Waals surface area contributed by atoms with E-state index in [-0.39, 0.29) is 0 Å². The lowest BCUT2D eigenvalue weighted by Crippen LogP contribution is -2.07. The summed E-state index contributed by atoms with van der Waals surface area (Å²) in [6, 6.07) is 10.9. The van der Waals surface area contributed by atoms with Gasteiger partial charge in [0, 0.05) is 5.92 Å². The highest BCUT2D eigenvalue weighted by atomic mass is 14.2. The minimum Gasteiger partial charge on any atom is -0.0814 e. The van der Waals surface area contributed by atoms with E-state index in [9.17, 15) is 0 Å². The van der Waals surface area contributed by atoms with Crippen molar-refractivity contribution in [3.8, 4) is 0 Å². The zero-order chi connectivity index (χ0) is 11.4. The molecule has 2 atom stereocenters. The molecule has 0 saturated heterocycles. The fourth-order valence-corrected chi connectivity index (χ4v) is 2.53. The molecule has 0 radical (unpaired) electrons. The number of hydrogen-bond donors (Lipinski definition) is 0. The lowest BCUT2D eigenvalue weighted by molar-refractivity contribution is 0.631. The summed E-state index contributed by atoms with van der Waals surface area (Å²) in [4.78, 5) is 0. The van der Waals surface area contributed by atoms with Gasteiger partial charge in [0.15, 0.2) is 0 Å². The predicted molar refractivity (Wildman–Crippen MR) is 70.5 cm³/mol. The maximum atomic E-state index is 2.31. The predicted octanol–water partition coefficient (Wildman–Crippen LogP) is 4.70. The molecule has 0 fully saturated rings. The van der Waals surface area contributed by atoms with E-state index in [1.807, 2.05) is 0 Å². The molecular formula is C16H20. The van der Waals surface area contributed by atoms with Gasteiger partial charge in [-0.3, -0.25) is 0 Å². The molecule has 84 valence electrons. The highest BCUT2D eigenvalue weighted by Crippen LogP contribution is 2.33. The van der Waals surface area contributed by atoms with Gasteiger partial charge in [0.1, 0.15) is 0 Å². The van der Waals surface area contributed by atoms with Gasteiger partial charge in [-0.2, -0.15) is 0 Å². The summed E-state index contributed by atoms with van der Waals surface area (Å²) < 4.78 is 0. The van der Waals surface area contributed by atoms with E-state index in [0.717, 1.165) is 0 Å². The van der Waals surface area contributed by atoms with Gasteiger partial charge in [-0.25, -0.2) is 0 Å². The first-order valence-corrected chi connectivity index (χ1v) is 6.23. The van der Waals surface area contributed by atoms with Crippen LogP contribution in [0, 0.1) is 5.92 Å². The highest BCUT2D eigenvalue weighted by molar-refractivity contribution is 5.33. The van der Waals surface area contributed by atoms with Crippen molar-refractivity contribution in [2.75, 3.05) is 0 Å². The monoisotopic (exact) mass is 212 g/mol. The van der Waals surface area contributed by atoms with Crippen molar-refractivity contribution in [2.24, 2.45) is 5.92 Å². The Morgan fingerprint density at radius 2 is 2.00 bits per heavy atom. The van der Waals surface area contributed by atoms with Crippen molar-refractivity contribution in [3.63, 3.8) is 0 Å². The van der Waals surface area contributed by atoms with Gasteiger partial charge >= 0.3 is 0 Å². The zero-order valence-corrected chi connectivity index (χ0v) is 10.2. The molecule has 0 amide bonds. The van der Waals surface area contributed by atoms with Crippen LogP contribution in [0.5, 0.6) is 0 Å². The Balaban J connectivity index is 2.24. The van der Waals surface area contributed by atoms with Crippen molar-refractivity contribution in [3.05, 3.63) is 59.7 Å². The van der Waals surface area contributed by atoms with Gasteiger partial charge in [0.2, 0.25) is 0 Å². The molecule has 16 heavy (non-hydrogen) atoms. The van der Waals surface area contributed by atoms with Crippen LogP contribution in [0.25, 0.3) is 0 Å². The molecule has 0 nitrogen and oxygen atoms in total. The molecule has 0 aliphatic heterocycles. The Morgan fingerprint density at radius 1 is 1.25 bits per heavy atom. The molecule has 1 aromatic rings. The van der Waals surface area contributed by atoms with E-state index >= 15 is 0 Å². The molecule has 2 unspecified atom stereocenters. The van der Waals surface area contributed by atoms with Crippen LogP contribution in [0.1, 0.15) is 38.2 Å². The standard InChI is InChI=1S/C16H20/c1-3-16(14-9-5-4-6-10-14)15-11-7-8-13(2)12-15/h4-11,13,16H,3,12H2,1-2H3. The first-order chi connectivity index (χ1) is 7.81. The van der Waals surface area contributed by atoms with Crippen LogP contribution < -0.4 is 0 Å². The second-order valence-electron chi connectivity index (χ2n) is 4.68. The topological polar surface area (TPSA) is 0 Å². The van der Waals surface area contributed by atoms with E-state index in [1.54, 1.807) is 5.57 Å². The number of hydrogen-bond acceptors (Lipinski definition) is 0. The van der Waals surface area contributed by atoms with Gasteiger partial charge in [-0.15, -0.1) is 0 Å². The Kier molecular flexibility index (Phi) is 3.61. The SMILES string of the molecule is CCC(C1=CC=CC(C)C1)c1ccccc1. The smallest absolute Gasteiger partial charge is 0.00488 e. The first-order valence-electron chi connectivity index (χ1n) is 6.23. The van der Waals surface area contributed by atoms with E-state index in [1.165, 1.54) is 18.4 Å². The van der Waals surface area contributed by atoms with Gasteiger partial charge in [-0.1, -0.05) is 68.0 Å². The summed E-state index contributed by atoms with van der Waals surface area (Å²) >= 11 is 0. The van der Waals surface area contributed by atoms with Gasteiger partial charge in [-0.05, 0) is 24.3 Å². The van der Waals surface area contributed by atoms with Crippen LogP contribution in [-0.2, 0) is 0 Å². The van der Waals surface area contributed by atoms with Crippen molar-refractivity contribution in [2.45, 2.75) is 32.6 Å². The largest absolute Gasteiger partial charge is 0.0814 e. The van der Waals surface area contributed by atoms with E-state index < -0.39 is 0 Å². The average Bonchev–Trinajstić information content (AvgIpc) is 2.31. The fraction of sp³-hybridized carbons (Fsp3) is 0.375. The Morgan fingerprint density at radius 3 is 2.62 bits per heavy atom. The van der Waals surface area contributed by atoms with Crippen molar-refractivity contribution in [1.29, 1.82) is 0 Å². The van der Waals surface area contributed by atoms with Crippen molar-refractivity contribution < 1.29 is 0 Å². The van der Waals surface area contributed by atoms with Crippen LogP contribution in [-0.4, -0.2) is 0 Å². The second kappa shape index (κ2) is 5.16. The quantitative estimate of drug-likeness (QED) is 0.681. The van der Waals surface area contributed by atoms with Crippen LogP contribution in [0.3, 0.4) is 0 Å². The average molecular weight is 212 g/mol. The third-order valence-electron chi connectivity index (χ3n) is 3.37. The van der Waals surface area contributed by atoms with E-state index in [0.29, 0.717) is 11.8 Å². The third kappa shape index (κ3) is 2.44. The molecule has 0 N–H and O–H groups in total. The third-order valence-corrected chi connectivity index (χ3v) is 3.37. The summed E-state index contributed by atoms with van der Waals surface area (Å²) in [5, 5.41) is 0. The summed E-state index contributed by atoms with van der Waals surface area (Å²) in [7, 11) is 0. The van der Waals surface area contributed by atoms with E-state index in [4.69, 9.17) is 0 Å². The van der Waals surface area contributed by atoms with Crippen LogP contribution in [0.2, 0.25) is 0 Å². The summed E-state index contributed by atoms with van der Waals surface area (Å²) in [5.74, 6) is 1.30. The van der Waals surface area contributed by atoms with Crippen LogP contribution in [0.15, 0.2) is 54.1 Å². The maximum Gasteiger partial charge on any atom is 0.00488 e. The first kappa shape index (κ1) is 11.2. The number of rotatable bonds is 3. The fourth-order valence-electron chi connectivity index (χ4n) is 2.53. The Hall–Kier alpha value is -1.30. The molecule has 1 aromatic carbocycles. The number of allylic oxidation sites excluding steroid dienone is 4. The molecular weight excluding hydrogens is 192 g/mol. The second-order valence-corrected chi connectivity index (χ2v) is 4.68. The minimum atomic E-state index is 0.605. The molecule has 1 aliphatic carbocycles. The minimum absolute atomic E-state index is 0.605. The summed E-state index contributed by atoms with van der Waals surface area (Å²) in [5.41, 5.74) is 3.04. The molecule has 0 saturated carbocycles. The zero-order valence-electron chi connectivity index (χ0n) is 10.2. The summed E-state index contributed by atoms with van der Waals surface area (Å²) in [6.45, 7) is 4.57. The molecule has 2 rings (SSSR count). The van der Waals surface area contributed by atoms with E-state index in [2.05, 4.69) is 62.4 Å². The van der Waals surface area contributed by atoms with Gasteiger partial charge in [0.05, 0.1) is 0 Å². The molecule has 0 spiro atoms. The molecule has 1 aliphatic rings. The Bertz CT molecular complexity index is 384.